The highest BCUT2D eigenvalue weighted by Crippen LogP contribution is 2.47. The van der Waals surface area contributed by atoms with Crippen molar-refractivity contribution in [2.24, 2.45) is 11.0 Å². The third kappa shape index (κ3) is 3.45. The van der Waals surface area contributed by atoms with E-state index in [-0.39, 0.29) is 11.8 Å². The van der Waals surface area contributed by atoms with E-state index in [0.717, 1.165) is 22.2 Å². The van der Waals surface area contributed by atoms with Crippen molar-refractivity contribution < 1.29 is 4.79 Å². The highest BCUT2D eigenvalue weighted by molar-refractivity contribution is 9.10. The molecule has 0 unspecified atom stereocenters. The van der Waals surface area contributed by atoms with E-state index in [0.29, 0.717) is 5.92 Å². The molecule has 1 N–H and O–H groups in total. The van der Waals surface area contributed by atoms with E-state index in [1.165, 1.54) is 5.56 Å². The normalized spacial score (nSPS) is 20.5. The van der Waals surface area contributed by atoms with Crippen molar-refractivity contribution in [1.29, 1.82) is 0 Å². The number of carbonyl (C=O) groups is 1. The molecule has 3 nitrogen and oxygen atoms in total. The van der Waals surface area contributed by atoms with Crippen LogP contribution in [0.4, 0.5) is 0 Å². The van der Waals surface area contributed by atoms with Gasteiger partial charge in [0.05, 0.1) is 5.71 Å². The quantitative estimate of drug-likeness (QED) is 0.650. The number of hydrogen-bond donors (Lipinski definition) is 1. The second kappa shape index (κ2) is 6.44. The molecule has 1 aliphatic carbocycles. The third-order valence-electron chi connectivity index (χ3n) is 3.95. The Morgan fingerprint density at radius 2 is 1.82 bits per heavy atom. The first kappa shape index (κ1) is 15.0. The Balaban J connectivity index is 1.59. The van der Waals surface area contributed by atoms with Gasteiger partial charge in [-0.25, -0.2) is 5.43 Å². The van der Waals surface area contributed by atoms with Gasteiger partial charge in [0.25, 0.3) is 0 Å². The Bertz CT molecular complexity index is 695. The minimum atomic E-state index is 0.00492. The predicted molar refractivity (Wildman–Crippen MR) is 91.8 cm³/mol. The molecule has 0 bridgehead atoms. The smallest absolute Gasteiger partial charge is 0.243 e. The van der Waals surface area contributed by atoms with E-state index < -0.39 is 0 Å². The summed E-state index contributed by atoms with van der Waals surface area (Å²) in [4.78, 5) is 12.2. The van der Waals surface area contributed by atoms with Crippen LogP contribution in [0.25, 0.3) is 0 Å². The number of rotatable bonds is 4. The lowest BCUT2D eigenvalue weighted by atomic mass is 10.1. The first-order chi connectivity index (χ1) is 10.6. The van der Waals surface area contributed by atoms with Crippen LogP contribution in [-0.4, -0.2) is 11.6 Å². The van der Waals surface area contributed by atoms with Crippen LogP contribution in [0.3, 0.4) is 0 Å². The molecule has 0 aromatic heterocycles. The lowest BCUT2D eigenvalue weighted by molar-refractivity contribution is -0.122. The van der Waals surface area contributed by atoms with Gasteiger partial charge in [0, 0.05) is 10.4 Å². The number of nitrogens with one attached hydrogen (secondary N) is 1. The van der Waals surface area contributed by atoms with Crippen LogP contribution in [0, 0.1) is 5.92 Å². The van der Waals surface area contributed by atoms with Crippen LogP contribution >= 0.6 is 15.9 Å². The van der Waals surface area contributed by atoms with Crippen molar-refractivity contribution in [2.75, 3.05) is 0 Å². The first-order valence-electron chi connectivity index (χ1n) is 7.30. The fourth-order valence-electron chi connectivity index (χ4n) is 2.53. The van der Waals surface area contributed by atoms with Gasteiger partial charge >= 0.3 is 0 Å². The average molecular weight is 357 g/mol. The van der Waals surface area contributed by atoms with Gasteiger partial charge in [0.1, 0.15) is 0 Å². The predicted octanol–water partition coefficient (Wildman–Crippen LogP) is 4.09. The van der Waals surface area contributed by atoms with Crippen molar-refractivity contribution in [3.8, 4) is 0 Å². The maximum absolute atomic E-state index is 12.2. The molecule has 0 radical (unpaired) electrons. The molecule has 2 atom stereocenters. The molecule has 0 spiro atoms. The zero-order valence-corrected chi connectivity index (χ0v) is 13.9. The SMILES string of the molecule is CC(=NNC(=O)[C@@H]1C[C@@H]1c1ccccc1)c1ccc(Br)cc1. The number of halogens is 1. The van der Waals surface area contributed by atoms with Crippen molar-refractivity contribution >= 4 is 27.5 Å². The zero-order valence-electron chi connectivity index (χ0n) is 12.3. The molecule has 0 aliphatic heterocycles. The monoisotopic (exact) mass is 356 g/mol. The van der Waals surface area contributed by atoms with E-state index in [1.807, 2.05) is 49.4 Å². The number of hydrazone groups is 1. The molecule has 112 valence electrons. The molecule has 3 rings (SSSR count). The molecular weight excluding hydrogens is 340 g/mol. The molecule has 22 heavy (non-hydrogen) atoms. The summed E-state index contributed by atoms with van der Waals surface area (Å²) < 4.78 is 1.02. The van der Waals surface area contributed by atoms with Crippen molar-refractivity contribution in [3.05, 3.63) is 70.2 Å². The Hall–Kier alpha value is -1.94. The number of hydrogen-bond acceptors (Lipinski definition) is 2. The van der Waals surface area contributed by atoms with Crippen LogP contribution < -0.4 is 5.43 Å². The summed E-state index contributed by atoms with van der Waals surface area (Å²) in [6, 6.07) is 18.0. The number of nitrogens with zero attached hydrogens (tertiary/aromatic N) is 1. The van der Waals surface area contributed by atoms with Gasteiger partial charge in [-0.3, -0.25) is 4.79 Å². The Morgan fingerprint density at radius 1 is 1.14 bits per heavy atom. The third-order valence-corrected chi connectivity index (χ3v) is 4.48. The summed E-state index contributed by atoms with van der Waals surface area (Å²) in [6.07, 6.45) is 0.905. The molecule has 1 fully saturated rings. The summed E-state index contributed by atoms with van der Waals surface area (Å²) >= 11 is 3.40. The minimum absolute atomic E-state index is 0.00492. The van der Waals surface area contributed by atoms with Crippen molar-refractivity contribution in [1.82, 2.24) is 5.43 Å². The van der Waals surface area contributed by atoms with Crippen molar-refractivity contribution in [2.45, 2.75) is 19.3 Å². The maximum Gasteiger partial charge on any atom is 0.243 e. The van der Waals surface area contributed by atoms with Crippen molar-refractivity contribution in [3.63, 3.8) is 0 Å². The van der Waals surface area contributed by atoms with Crippen LogP contribution in [0.5, 0.6) is 0 Å². The fourth-order valence-corrected chi connectivity index (χ4v) is 2.80. The first-order valence-corrected chi connectivity index (χ1v) is 8.09. The topological polar surface area (TPSA) is 41.5 Å². The second-order valence-electron chi connectivity index (χ2n) is 5.54. The number of benzene rings is 2. The molecule has 0 heterocycles. The Kier molecular flexibility index (Phi) is 4.39. The summed E-state index contributed by atoms with van der Waals surface area (Å²) in [7, 11) is 0. The molecule has 1 saturated carbocycles. The minimum Gasteiger partial charge on any atom is -0.273 e. The van der Waals surface area contributed by atoms with Gasteiger partial charge in [-0.1, -0.05) is 58.4 Å². The summed E-state index contributed by atoms with van der Waals surface area (Å²) in [6.45, 7) is 1.89. The van der Waals surface area contributed by atoms with E-state index in [4.69, 9.17) is 0 Å². The van der Waals surface area contributed by atoms with Gasteiger partial charge in [0.2, 0.25) is 5.91 Å². The Morgan fingerprint density at radius 3 is 2.50 bits per heavy atom. The van der Waals surface area contributed by atoms with Gasteiger partial charge in [-0.2, -0.15) is 5.10 Å². The standard InChI is InChI=1S/C18H17BrN2O/c1-12(13-7-9-15(19)10-8-13)20-21-18(22)17-11-16(17)14-5-3-2-4-6-14/h2-10,16-17H,11H2,1H3,(H,21,22)/t16-,17-/m1/s1. The zero-order chi connectivity index (χ0) is 15.5. The van der Waals surface area contributed by atoms with Crippen LogP contribution in [0.2, 0.25) is 0 Å². The van der Waals surface area contributed by atoms with E-state index >= 15 is 0 Å². The maximum atomic E-state index is 12.2. The van der Waals surface area contributed by atoms with E-state index in [9.17, 15) is 4.79 Å². The molecule has 4 heteroatoms. The van der Waals surface area contributed by atoms with Gasteiger partial charge in [-0.15, -0.1) is 0 Å². The van der Waals surface area contributed by atoms with E-state index in [1.54, 1.807) is 0 Å². The Labute approximate surface area is 138 Å². The highest BCUT2D eigenvalue weighted by atomic mass is 79.9. The van der Waals surface area contributed by atoms with Crippen LogP contribution in [0.15, 0.2) is 64.2 Å². The second-order valence-corrected chi connectivity index (χ2v) is 6.46. The summed E-state index contributed by atoms with van der Waals surface area (Å²) in [5, 5.41) is 4.22. The number of amides is 1. The molecule has 1 amide bonds. The molecule has 2 aromatic carbocycles. The van der Waals surface area contributed by atoms with Crippen LogP contribution in [0.1, 0.15) is 30.4 Å². The lowest BCUT2D eigenvalue weighted by Gasteiger charge is -2.03. The van der Waals surface area contributed by atoms with Gasteiger partial charge < -0.3 is 0 Å². The molecule has 0 saturated heterocycles. The molecule has 2 aromatic rings. The largest absolute Gasteiger partial charge is 0.273 e. The highest BCUT2D eigenvalue weighted by Gasteiger charge is 2.43. The summed E-state index contributed by atoms with van der Waals surface area (Å²) in [5.41, 5.74) is 5.73. The number of carbonyl (C=O) groups excluding carboxylic acids is 1. The van der Waals surface area contributed by atoms with Gasteiger partial charge in [0.15, 0.2) is 0 Å². The molecule has 1 aliphatic rings. The lowest BCUT2D eigenvalue weighted by Crippen LogP contribution is -2.21. The summed E-state index contributed by atoms with van der Waals surface area (Å²) in [5.74, 6) is 0.388. The van der Waals surface area contributed by atoms with Gasteiger partial charge in [-0.05, 0) is 42.5 Å². The molecular formula is C18H17BrN2O. The van der Waals surface area contributed by atoms with Crippen LogP contribution in [-0.2, 0) is 4.79 Å². The van der Waals surface area contributed by atoms with E-state index in [2.05, 4.69) is 38.6 Å². The average Bonchev–Trinajstić information content (AvgIpc) is 3.34. The fraction of sp³-hybridized carbons (Fsp3) is 0.222.